The van der Waals surface area contributed by atoms with Gasteiger partial charge >= 0.3 is 0 Å². The Morgan fingerprint density at radius 2 is 1.88 bits per heavy atom. The molecule has 1 unspecified atom stereocenters. The Hall–Kier alpha value is -2.15. The van der Waals surface area contributed by atoms with Crippen molar-refractivity contribution in [2.45, 2.75) is 32.7 Å². The Balaban J connectivity index is 1.60. The number of rotatable bonds is 4. The summed E-state index contributed by atoms with van der Waals surface area (Å²) in [5, 5.41) is 2.92. The van der Waals surface area contributed by atoms with Crippen LogP contribution in [0, 0.1) is 5.92 Å². The summed E-state index contributed by atoms with van der Waals surface area (Å²) < 4.78 is 0. The van der Waals surface area contributed by atoms with Gasteiger partial charge in [-0.25, -0.2) is 4.98 Å². The lowest BCUT2D eigenvalue weighted by Crippen LogP contribution is -2.45. The summed E-state index contributed by atoms with van der Waals surface area (Å²) in [7, 11) is 2.12. The molecule has 0 saturated carbocycles. The number of hydrogen-bond donors (Lipinski definition) is 1. The first-order chi connectivity index (χ1) is 12.5. The highest BCUT2D eigenvalue weighted by atomic mass is 16.2. The van der Waals surface area contributed by atoms with E-state index in [-0.39, 0.29) is 23.8 Å². The summed E-state index contributed by atoms with van der Waals surface area (Å²) >= 11 is 0. The van der Waals surface area contributed by atoms with Gasteiger partial charge in [0, 0.05) is 38.6 Å². The largest absolute Gasteiger partial charge is 0.354 e. The standard InChI is InChI=1S/C19H29N5O2/c1-14(2)19(26)24-8-4-5-16(24)18(25)21-15-6-7-17(20-13-15)23-11-9-22(3)10-12-23/h6-7,13-14,16H,4-5,8-12H2,1-3H3,(H,21,25). The Labute approximate surface area is 155 Å². The lowest BCUT2D eigenvalue weighted by Gasteiger charge is -2.33. The number of carbonyl (C=O) groups excluding carboxylic acids is 2. The summed E-state index contributed by atoms with van der Waals surface area (Å²) in [6.45, 7) is 8.39. The molecule has 2 aliphatic rings. The summed E-state index contributed by atoms with van der Waals surface area (Å²) in [5.74, 6) is 0.776. The molecule has 1 aromatic rings. The number of pyridine rings is 1. The second-order valence-corrected chi connectivity index (χ2v) is 7.53. The third-order valence-corrected chi connectivity index (χ3v) is 5.18. The number of likely N-dealkylation sites (N-methyl/N-ethyl adjacent to an activating group) is 1. The monoisotopic (exact) mass is 359 g/mol. The second kappa shape index (κ2) is 8.03. The molecule has 142 valence electrons. The summed E-state index contributed by atoms with van der Waals surface area (Å²) in [4.78, 5) is 35.7. The molecule has 2 fully saturated rings. The Morgan fingerprint density at radius 3 is 2.50 bits per heavy atom. The van der Waals surface area contributed by atoms with E-state index in [1.165, 1.54) is 0 Å². The maximum absolute atomic E-state index is 12.6. The first-order valence-electron chi connectivity index (χ1n) is 9.46. The van der Waals surface area contributed by atoms with E-state index in [0.29, 0.717) is 12.2 Å². The van der Waals surface area contributed by atoms with Crippen LogP contribution < -0.4 is 10.2 Å². The van der Waals surface area contributed by atoms with Crippen molar-refractivity contribution in [3.8, 4) is 0 Å². The van der Waals surface area contributed by atoms with Crippen LogP contribution in [0.15, 0.2) is 18.3 Å². The molecule has 3 heterocycles. The Kier molecular flexibility index (Phi) is 5.76. The predicted molar refractivity (Wildman–Crippen MR) is 102 cm³/mol. The molecule has 1 atom stereocenters. The zero-order valence-corrected chi connectivity index (χ0v) is 15.9. The molecule has 3 rings (SSSR count). The van der Waals surface area contributed by atoms with Gasteiger partial charge in [-0.2, -0.15) is 0 Å². The molecule has 7 heteroatoms. The smallest absolute Gasteiger partial charge is 0.247 e. The maximum Gasteiger partial charge on any atom is 0.247 e. The number of amides is 2. The number of nitrogens with one attached hydrogen (secondary N) is 1. The van der Waals surface area contributed by atoms with E-state index < -0.39 is 0 Å². The molecule has 1 aromatic heterocycles. The van der Waals surface area contributed by atoms with E-state index >= 15 is 0 Å². The third kappa shape index (κ3) is 4.15. The lowest BCUT2D eigenvalue weighted by atomic mass is 10.1. The zero-order valence-electron chi connectivity index (χ0n) is 15.9. The van der Waals surface area contributed by atoms with Crippen molar-refractivity contribution in [3.05, 3.63) is 18.3 Å². The number of nitrogens with zero attached hydrogens (tertiary/aromatic N) is 4. The fourth-order valence-corrected chi connectivity index (χ4v) is 3.54. The predicted octanol–water partition coefficient (Wildman–Crippen LogP) is 1.42. The van der Waals surface area contributed by atoms with Crippen molar-refractivity contribution in [2.24, 2.45) is 5.92 Å². The minimum Gasteiger partial charge on any atom is -0.354 e. The number of aromatic nitrogens is 1. The van der Waals surface area contributed by atoms with Crippen molar-refractivity contribution in [2.75, 3.05) is 50.0 Å². The molecule has 0 bridgehead atoms. The van der Waals surface area contributed by atoms with Gasteiger partial charge in [0.1, 0.15) is 11.9 Å². The molecule has 0 spiro atoms. The number of carbonyl (C=O) groups is 2. The number of hydrogen-bond acceptors (Lipinski definition) is 5. The van der Waals surface area contributed by atoms with E-state index in [1.54, 1.807) is 11.1 Å². The number of anilines is 2. The average molecular weight is 359 g/mol. The number of likely N-dealkylation sites (tertiary alicyclic amines) is 1. The minimum absolute atomic E-state index is 0.0474. The number of piperazine rings is 1. The van der Waals surface area contributed by atoms with Crippen LogP contribution in [0.25, 0.3) is 0 Å². The van der Waals surface area contributed by atoms with Gasteiger partial charge in [0.05, 0.1) is 11.9 Å². The topological polar surface area (TPSA) is 68.8 Å². The summed E-state index contributed by atoms with van der Waals surface area (Å²) in [6, 6.07) is 3.47. The highest BCUT2D eigenvalue weighted by Gasteiger charge is 2.34. The summed E-state index contributed by atoms with van der Waals surface area (Å²) in [5.41, 5.74) is 0.678. The van der Waals surface area contributed by atoms with Crippen LogP contribution in [0.5, 0.6) is 0 Å². The molecule has 1 N–H and O–H groups in total. The van der Waals surface area contributed by atoms with Gasteiger partial charge in [-0.1, -0.05) is 13.8 Å². The maximum atomic E-state index is 12.6. The van der Waals surface area contributed by atoms with Gasteiger partial charge in [0.25, 0.3) is 0 Å². The molecule has 26 heavy (non-hydrogen) atoms. The highest BCUT2D eigenvalue weighted by Crippen LogP contribution is 2.22. The second-order valence-electron chi connectivity index (χ2n) is 7.53. The lowest BCUT2D eigenvalue weighted by molar-refractivity contribution is -0.139. The first kappa shape index (κ1) is 18.6. The van der Waals surface area contributed by atoms with Crippen LogP contribution >= 0.6 is 0 Å². The molecular weight excluding hydrogens is 330 g/mol. The van der Waals surface area contributed by atoms with Gasteiger partial charge in [-0.05, 0) is 32.0 Å². The van der Waals surface area contributed by atoms with Gasteiger partial charge in [-0.15, -0.1) is 0 Å². The Morgan fingerprint density at radius 1 is 1.15 bits per heavy atom. The normalized spacial score (nSPS) is 21.3. The molecule has 7 nitrogen and oxygen atoms in total. The molecule has 2 saturated heterocycles. The quantitative estimate of drug-likeness (QED) is 0.881. The van der Waals surface area contributed by atoms with Gasteiger partial charge in [-0.3, -0.25) is 9.59 Å². The first-order valence-corrected chi connectivity index (χ1v) is 9.46. The van der Waals surface area contributed by atoms with Gasteiger partial charge < -0.3 is 20.0 Å². The molecule has 0 aliphatic carbocycles. The van der Waals surface area contributed by atoms with E-state index in [2.05, 4.69) is 27.1 Å². The fraction of sp³-hybridized carbons (Fsp3) is 0.632. The van der Waals surface area contributed by atoms with Crippen molar-refractivity contribution >= 4 is 23.3 Å². The van der Waals surface area contributed by atoms with Crippen LogP contribution in [-0.2, 0) is 9.59 Å². The minimum atomic E-state index is -0.373. The van der Waals surface area contributed by atoms with E-state index in [1.807, 2.05) is 26.0 Å². The van der Waals surface area contributed by atoms with Crippen molar-refractivity contribution < 1.29 is 9.59 Å². The highest BCUT2D eigenvalue weighted by molar-refractivity contribution is 5.97. The van der Waals surface area contributed by atoms with Crippen LogP contribution in [0.3, 0.4) is 0 Å². The van der Waals surface area contributed by atoms with Crippen LogP contribution in [0.4, 0.5) is 11.5 Å². The van der Waals surface area contributed by atoms with Crippen molar-refractivity contribution in [3.63, 3.8) is 0 Å². The molecule has 0 aromatic carbocycles. The van der Waals surface area contributed by atoms with E-state index in [9.17, 15) is 9.59 Å². The van der Waals surface area contributed by atoms with Crippen molar-refractivity contribution in [1.82, 2.24) is 14.8 Å². The van der Waals surface area contributed by atoms with E-state index in [0.717, 1.165) is 44.8 Å². The van der Waals surface area contributed by atoms with Crippen LogP contribution in [0.1, 0.15) is 26.7 Å². The Bertz CT molecular complexity index is 638. The molecule has 2 aliphatic heterocycles. The zero-order chi connectivity index (χ0) is 18.7. The van der Waals surface area contributed by atoms with Gasteiger partial charge in [0.15, 0.2) is 0 Å². The van der Waals surface area contributed by atoms with E-state index in [4.69, 9.17) is 0 Å². The van der Waals surface area contributed by atoms with Crippen LogP contribution in [0.2, 0.25) is 0 Å². The fourth-order valence-electron chi connectivity index (χ4n) is 3.54. The van der Waals surface area contributed by atoms with Crippen LogP contribution in [-0.4, -0.2) is 72.4 Å². The average Bonchev–Trinajstić information content (AvgIpc) is 3.12. The molecular formula is C19H29N5O2. The van der Waals surface area contributed by atoms with Gasteiger partial charge in [0.2, 0.25) is 11.8 Å². The third-order valence-electron chi connectivity index (χ3n) is 5.18. The SMILES string of the molecule is CC(C)C(=O)N1CCCC1C(=O)Nc1ccc(N2CCN(C)CC2)nc1. The summed E-state index contributed by atoms with van der Waals surface area (Å²) in [6.07, 6.45) is 3.29. The molecule has 2 amide bonds. The van der Waals surface area contributed by atoms with Crippen molar-refractivity contribution in [1.29, 1.82) is 0 Å². The molecule has 0 radical (unpaired) electrons.